The van der Waals surface area contributed by atoms with Crippen LogP contribution in [0.2, 0.25) is 0 Å². The molecule has 6 radical (unpaired) electrons. The molecular formula is C19H25NOSn. The molecule has 0 amide bonds. The summed E-state index contributed by atoms with van der Waals surface area (Å²) < 4.78 is 5.53. The van der Waals surface area contributed by atoms with E-state index in [1.165, 1.54) is 0 Å². The molecule has 1 aliphatic heterocycles. The van der Waals surface area contributed by atoms with Gasteiger partial charge in [0.25, 0.3) is 0 Å². The Labute approximate surface area is 153 Å². The molecule has 0 saturated heterocycles. The van der Waals surface area contributed by atoms with Crippen LogP contribution in [-0.2, 0) is 4.74 Å². The van der Waals surface area contributed by atoms with Gasteiger partial charge in [-0.15, -0.1) is 0 Å². The van der Waals surface area contributed by atoms with Gasteiger partial charge in [-0.25, -0.2) is 4.99 Å². The van der Waals surface area contributed by atoms with Crippen LogP contribution in [0.15, 0.2) is 59.6 Å². The summed E-state index contributed by atoms with van der Waals surface area (Å²) in [5.41, 5.74) is 0.954. The average molecular weight is 402 g/mol. The molecule has 116 valence electrons. The van der Waals surface area contributed by atoms with Crippen LogP contribution in [0.5, 0.6) is 0 Å². The van der Waals surface area contributed by atoms with Crippen LogP contribution in [0.4, 0.5) is 0 Å². The number of aliphatic imine (C=N–C) groups is 1. The normalized spacial score (nSPS) is 15.4. The van der Waals surface area contributed by atoms with E-state index in [0.717, 1.165) is 11.5 Å². The van der Waals surface area contributed by atoms with Crippen molar-refractivity contribution >= 4 is 29.8 Å². The van der Waals surface area contributed by atoms with Crippen LogP contribution in [0.3, 0.4) is 0 Å². The molecule has 0 saturated carbocycles. The number of ether oxygens (including phenoxy) is 1. The van der Waals surface area contributed by atoms with Crippen molar-refractivity contribution in [3.05, 3.63) is 72.3 Å². The Morgan fingerprint density at radius 2 is 1.82 bits per heavy atom. The standard InChI is InChI=1S/C12H14NO.C6H5.CH4.Sn.H2/c1-9(2)11-8-14-12(13-11)10-6-4-3-5-7-10;1-2-4-6-5-3-1;;;/h3-6,9,11H,8H2,1-2H3;1-5H;1H4;;1H/t11-;;;;/m1..../s1. The molecule has 3 heteroatoms. The van der Waals surface area contributed by atoms with Gasteiger partial charge in [0.15, 0.2) is 0 Å². The van der Waals surface area contributed by atoms with E-state index >= 15 is 0 Å². The Balaban J connectivity index is 0. The van der Waals surface area contributed by atoms with Crippen molar-refractivity contribution in [2.24, 2.45) is 10.9 Å². The molecule has 2 aromatic rings. The number of hydrogen-bond donors (Lipinski definition) is 0. The molecule has 1 atom stereocenters. The maximum atomic E-state index is 5.53. The van der Waals surface area contributed by atoms with Gasteiger partial charge < -0.3 is 4.74 Å². The summed E-state index contributed by atoms with van der Waals surface area (Å²) in [5.74, 6) is 1.28. The molecule has 0 aromatic heterocycles. The first-order chi connectivity index (χ1) is 9.77. The second kappa shape index (κ2) is 11.3. The summed E-state index contributed by atoms with van der Waals surface area (Å²) >= 11 is 0. The third-order valence-corrected chi connectivity index (χ3v) is 2.99. The first-order valence-electron chi connectivity index (χ1n) is 6.86. The molecule has 2 nitrogen and oxygen atoms in total. The van der Waals surface area contributed by atoms with Crippen LogP contribution in [-0.4, -0.2) is 42.5 Å². The Bertz CT molecular complexity index is 505. The summed E-state index contributed by atoms with van der Waals surface area (Å²) in [6, 6.07) is 23.7. The van der Waals surface area contributed by atoms with Crippen LogP contribution < -0.4 is 0 Å². The smallest absolute Gasteiger partial charge is 0.217 e. The summed E-state index contributed by atoms with van der Waals surface area (Å²) in [5, 5.41) is 0. The summed E-state index contributed by atoms with van der Waals surface area (Å²) in [4.78, 5) is 4.52. The third-order valence-electron chi connectivity index (χ3n) is 2.99. The molecule has 0 bridgehead atoms. The molecule has 3 rings (SSSR count). The van der Waals surface area contributed by atoms with Crippen molar-refractivity contribution in [2.75, 3.05) is 6.61 Å². The van der Waals surface area contributed by atoms with E-state index < -0.39 is 0 Å². The van der Waals surface area contributed by atoms with Gasteiger partial charge >= 0.3 is 0 Å². The molecule has 2 aromatic carbocycles. The van der Waals surface area contributed by atoms with Gasteiger partial charge in [0.2, 0.25) is 5.90 Å². The average Bonchev–Trinajstić information content (AvgIpc) is 3.01. The first kappa shape index (κ1) is 20.7. The number of benzene rings is 2. The van der Waals surface area contributed by atoms with Crippen molar-refractivity contribution in [2.45, 2.75) is 27.3 Å². The zero-order valence-electron chi connectivity index (χ0n) is 12.4. The van der Waals surface area contributed by atoms with E-state index in [2.05, 4.69) is 31.0 Å². The van der Waals surface area contributed by atoms with Gasteiger partial charge in [0.05, 0.1) is 6.04 Å². The maximum absolute atomic E-state index is 5.53. The van der Waals surface area contributed by atoms with E-state index in [1.807, 2.05) is 54.6 Å². The maximum Gasteiger partial charge on any atom is 0.217 e. The van der Waals surface area contributed by atoms with Crippen LogP contribution in [0.1, 0.15) is 28.3 Å². The Kier molecular flexibility index (Phi) is 10.6. The quantitative estimate of drug-likeness (QED) is 0.688. The van der Waals surface area contributed by atoms with Gasteiger partial charge in [-0.2, -0.15) is 0 Å². The van der Waals surface area contributed by atoms with E-state index in [-0.39, 0.29) is 32.8 Å². The number of hydrogen-bond acceptors (Lipinski definition) is 2. The molecule has 1 heterocycles. The number of nitrogens with zero attached hydrogens (tertiary/aromatic N) is 1. The minimum absolute atomic E-state index is 0. The molecule has 0 N–H and O–H groups in total. The second-order valence-electron chi connectivity index (χ2n) is 4.91. The summed E-state index contributed by atoms with van der Waals surface area (Å²) in [6.07, 6.45) is 0. The molecule has 0 aliphatic carbocycles. The van der Waals surface area contributed by atoms with Crippen molar-refractivity contribution in [1.82, 2.24) is 0 Å². The minimum atomic E-state index is 0. The molecule has 1 aliphatic rings. The zero-order chi connectivity index (χ0) is 14.2. The predicted molar refractivity (Wildman–Crippen MR) is 96.3 cm³/mol. The Morgan fingerprint density at radius 1 is 1.14 bits per heavy atom. The van der Waals surface area contributed by atoms with Crippen LogP contribution in [0, 0.1) is 18.1 Å². The van der Waals surface area contributed by atoms with Crippen LogP contribution in [0.25, 0.3) is 0 Å². The van der Waals surface area contributed by atoms with E-state index in [1.54, 1.807) is 0 Å². The van der Waals surface area contributed by atoms with Gasteiger partial charge in [0.1, 0.15) is 6.61 Å². The predicted octanol–water partition coefficient (Wildman–Crippen LogP) is 4.28. The molecular weight excluding hydrogens is 377 g/mol. The molecule has 22 heavy (non-hydrogen) atoms. The van der Waals surface area contributed by atoms with Crippen molar-refractivity contribution in [3.8, 4) is 0 Å². The molecule has 0 spiro atoms. The van der Waals surface area contributed by atoms with Gasteiger partial charge in [-0.1, -0.05) is 69.8 Å². The molecule has 0 unspecified atom stereocenters. The summed E-state index contributed by atoms with van der Waals surface area (Å²) in [6.45, 7) is 5.03. The third kappa shape index (κ3) is 6.65. The van der Waals surface area contributed by atoms with Crippen LogP contribution >= 0.6 is 0 Å². The number of rotatable bonds is 2. The van der Waals surface area contributed by atoms with Gasteiger partial charge in [0, 0.05) is 30.9 Å². The van der Waals surface area contributed by atoms with Gasteiger partial charge in [-0.05, 0) is 24.1 Å². The van der Waals surface area contributed by atoms with E-state index in [9.17, 15) is 0 Å². The SMILES string of the molecule is C.CC(C)[C@H]1COC(c2[c]cccc2)=N1.[HH].[Sn].[c]1ccccc1. The topological polar surface area (TPSA) is 21.6 Å². The fourth-order valence-corrected chi connectivity index (χ4v) is 1.75. The second-order valence-corrected chi connectivity index (χ2v) is 4.91. The summed E-state index contributed by atoms with van der Waals surface area (Å²) in [7, 11) is 0. The Hall–Kier alpha value is -1.29. The zero-order valence-corrected chi connectivity index (χ0v) is 15.3. The van der Waals surface area contributed by atoms with Crippen molar-refractivity contribution in [1.29, 1.82) is 0 Å². The molecule has 0 fully saturated rings. The minimum Gasteiger partial charge on any atom is -0.475 e. The van der Waals surface area contributed by atoms with Crippen molar-refractivity contribution in [3.63, 3.8) is 0 Å². The Morgan fingerprint density at radius 3 is 2.23 bits per heavy atom. The fourth-order valence-electron chi connectivity index (χ4n) is 1.75. The first-order valence-corrected chi connectivity index (χ1v) is 6.86. The van der Waals surface area contributed by atoms with E-state index in [4.69, 9.17) is 4.74 Å². The van der Waals surface area contributed by atoms with Gasteiger partial charge in [-0.3, -0.25) is 0 Å². The largest absolute Gasteiger partial charge is 0.475 e. The van der Waals surface area contributed by atoms with Crippen molar-refractivity contribution < 1.29 is 6.16 Å². The monoisotopic (exact) mass is 403 g/mol. The van der Waals surface area contributed by atoms with E-state index in [0.29, 0.717) is 18.6 Å². The fraction of sp³-hybridized carbons (Fsp3) is 0.316.